The van der Waals surface area contributed by atoms with Crippen molar-refractivity contribution < 1.29 is 23.1 Å². The number of hydrogen-bond acceptors (Lipinski definition) is 5. The quantitative estimate of drug-likeness (QED) is 0.783. The van der Waals surface area contributed by atoms with Crippen LogP contribution in [0.25, 0.3) is 11.4 Å². The van der Waals surface area contributed by atoms with Crippen molar-refractivity contribution in [3.05, 3.63) is 28.5 Å². The van der Waals surface area contributed by atoms with Crippen molar-refractivity contribution in [2.24, 2.45) is 0 Å². The molecule has 0 spiro atoms. The standard InChI is InChI=1S/C13H14BrF2N3O.CO2/c1-3-9-6-10(19(4-2)18-9)12-11(20-13(15)16)5-8(14)7-17-12;2-1-3/h5-7,13H,3-4H2,1-2H3;. The summed E-state index contributed by atoms with van der Waals surface area (Å²) in [7, 11) is 0. The third kappa shape index (κ3) is 5.22. The number of rotatable bonds is 5. The van der Waals surface area contributed by atoms with Crippen molar-refractivity contribution >= 4 is 22.1 Å². The first kappa shape index (κ1) is 18.9. The zero-order valence-electron chi connectivity index (χ0n) is 12.4. The summed E-state index contributed by atoms with van der Waals surface area (Å²) in [6, 6.07) is 3.32. The average molecular weight is 390 g/mol. The van der Waals surface area contributed by atoms with Gasteiger partial charge in [-0.15, -0.1) is 0 Å². The Kier molecular flexibility index (Phi) is 7.50. The summed E-state index contributed by atoms with van der Waals surface area (Å²) in [5.41, 5.74) is 1.92. The monoisotopic (exact) mass is 389 g/mol. The highest BCUT2D eigenvalue weighted by Gasteiger charge is 2.17. The van der Waals surface area contributed by atoms with Crippen LogP contribution in [0.2, 0.25) is 0 Å². The second kappa shape index (κ2) is 9.12. The summed E-state index contributed by atoms with van der Waals surface area (Å²) in [6.07, 6.45) is 2.56. The van der Waals surface area contributed by atoms with Crippen LogP contribution in [0.1, 0.15) is 19.5 Å². The minimum atomic E-state index is -2.89. The average Bonchev–Trinajstić information content (AvgIpc) is 2.91. The Morgan fingerprint density at radius 1 is 1.35 bits per heavy atom. The summed E-state index contributed by atoms with van der Waals surface area (Å²) >= 11 is 3.20. The first-order chi connectivity index (χ1) is 11.0. The van der Waals surface area contributed by atoms with E-state index < -0.39 is 6.61 Å². The predicted molar refractivity (Wildman–Crippen MR) is 79.8 cm³/mol. The molecule has 0 fully saturated rings. The molecule has 0 aromatic carbocycles. The molecule has 0 unspecified atom stereocenters. The molecule has 9 heteroatoms. The van der Waals surface area contributed by atoms with Crippen molar-refractivity contribution in [2.75, 3.05) is 0 Å². The van der Waals surface area contributed by atoms with E-state index in [1.54, 1.807) is 10.9 Å². The number of hydrogen-bond donors (Lipinski definition) is 0. The highest BCUT2D eigenvalue weighted by Crippen LogP contribution is 2.32. The van der Waals surface area contributed by atoms with Gasteiger partial charge in [0, 0.05) is 17.2 Å². The SMILES string of the molecule is CCc1cc(-c2ncc(Br)cc2OC(F)F)n(CC)n1.O=C=O. The van der Waals surface area contributed by atoms with E-state index in [1.807, 2.05) is 19.9 Å². The lowest BCUT2D eigenvalue weighted by molar-refractivity contribution is -0.191. The van der Waals surface area contributed by atoms with Crippen molar-refractivity contribution in [3.63, 3.8) is 0 Å². The molecule has 0 amide bonds. The first-order valence-electron chi connectivity index (χ1n) is 6.63. The van der Waals surface area contributed by atoms with E-state index >= 15 is 0 Å². The van der Waals surface area contributed by atoms with Crippen LogP contribution in [-0.2, 0) is 22.6 Å². The molecule has 2 rings (SSSR count). The van der Waals surface area contributed by atoms with Crippen molar-refractivity contribution in [3.8, 4) is 17.1 Å². The molecule has 2 heterocycles. The zero-order valence-corrected chi connectivity index (χ0v) is 14.0. The molecule has 0 aliphatic rings. The van der Waals surface area contributed by atoms with Gasteiger partial charge in [-0.2, -0.15) is 23.5 Å². The second-order valence-corrected chi connectivity index (χ2v) is 5.07. The number of pyridine rings is 1. The van der Waals surface area contributed by atoms with Gasteiger partial charge in [-0.1, -0.05) is 6.92 Å². The number of alkyl halides is 2. The number of nitrogens with zero attached hydrogens (tertiary/aromatic N) is 3. The van der Waals surface area contributed by atoms with Gasteiger partial charge < -0.3 is 4.74 Å². The number of aromatic nitrogens is 3. The summed E-state index contributed by atoms with van der Waals surface area (Å²) in [6.45, 7) is 1.65. The van der Waals surface area contributed by atoms with Crippen molar-refractivity contribution in [1.82, 2.24) is 14.8 Å². The Morgan fingerprint density at radius 2 is 2.00 bits per heavy atom. The van der Waals surface area contributed by atoms with Gasteiger partial charge in [-0.25, -0.2) is 4.98 Å². The van der Waals surface area contributed by atoms with Crippen LogP contribution < -0.4 is 4.74 Å². The fourth-order valence-electron chi connectivity index (χ4n) is 1.87. The van der Waals surface area contributed by atoms with E-state index in [-0.39, 0.29) is 11.9 Å². The molecular weight excluding hydrogens is 376 g/mol. The van der Waals surface area contributed by atoms with Crippen LogP contribution in [0.5, 0.6) is 5.75 Å². The number of ether oxygens (including phenoxy) is 1. The van der Waals surface area contributed by atoms with E-state index in [9.17, 15) is 8.78 Å². The van der Waals surface area contributed by atoms with E-state index in [1.165, 1.54) is 6.07 Å². The molecule has 0 aliphatic heterocycles. The smallest absolute Gasteiger partial charge is 0.387 e. The summed E-state index contributed by atoms with van der Waals surface area (Å²) in [5.74, 6) is 0.0339. The number of carbonyl (C=O) groups excluding carboxylic acids is 2. The van der Waals surface area contributed by atoms with Crippen LogP contribution >= 0.6 is 15.9 Å². The molecule has 0 aliphatic carbocycles. The van der Waals surface area contributed by atoms with Gasteiger partial charge in [0.2, 0.25) is 0 Å². The summed E-state index contributed by atoms with van der Waals surface area (Å²) < 4.78 is 31.9. The maximum Gasteiger partial charge on any atom is 0.387 e. The van der Waals surface area contributed by atoms with Crippen LogP contribution in [0.3, 0.4) is 0 Å². The van der Waals surface area contributed by atoms with Gasteiger partial charge in [0.1, 0.15) is 5.69 Å². The van der Waals surface area contributed by atoms with Gasteiger partial charge in [0.15, 0.2) is 5.75 Å². The Morgan fingerprint density at radius 3 is 2.52 bits per heavy atom. The molecular formula is C14H14BrF2N3O3. The Labute approximate surface area is 139 Å². The Balaban J connectivity index is 0.000000816. The largest absolute Gasteiger partial charge is 0.432 e. The normalized spacial score (nSPS) is 10.0. The molecule has 0 saturated heterocycles. The van der Waals surface area contributed by atoms with E-state index in [4.69, 9.17) is 9.59 Å². The Hall–Kier alpha value is -2.12. The zero-order chi connectivity index (χ0) is 17.4. The van der Waals surface area contributed by atoms with Gasteiger partial charge in [0.25, 0.3) is 0 Å². The maximum absolute atomic E-state index is 12.5. The van der Waals surface area contributed by atoms with Gasteiger partial charge in [0.05, 0.1) is 11.4 Å². The molecule has 6 nitrogen and oxygen atoms in total. The fourth-order valence-corrected chi connectivity index (χ4v) is 2.18. The highest BCUT2D eigenvalue weighted by atomic mass is 79.9. The minimum absolute atomic E-state index is 0.0339. The van der Waals surface area contributed by atoms with Crippen LogP contribution in [0.4, 0.5) is 8.78 Å². The molecule has 124 valence electrons. The van der Waals surface area contributed by atoms with Crippen LogP contribution in [-0.4, -0.2) is 27.5 Å². The lowest BCUT2D eigenvalue weighted by atomic mass is 10.2. The molecule has 0 saturated carbocycles. The van der Waals surface area contributed by atoms with E-state index in [2.05, 4.69) is 30.7 Å². The predicted octanol–water partition coefficient (Wildman–Crippen LogP) is 3.31. The molecule has 0 radical (unpaired) electrons. The summed E-state index contributed by atoms with van der Waals surface area (Å²) in [4.78, 5) is 20.4. The molecule has 0 atom stereocenters. The second-order valence-electron chi connectivity index (χ2n) is 4.15. The third-order valence-corrected chi connectivity index (χ3v) is 3.20. The molecule has 0 N–H and O–H groups in total. The molecule has 2 aromatic rings. The van der Waals surface area contributed by atoms with E-state index in [0.29, 0.717) is 22.4 Å². The Bertz CT molecular complexity index is 686. The molecule has 23 heavy (non-hydrogen) atoms. The third-order valence-electron chi connectivity index (χ3n) is 2.77. The minimum Gasteiger partial charge on any atom is -0.432 e. The van der Waals surface area contributed by atoms with Gasteiger partial charge >= 0.3 is 12.8 Å². The highest BCUT2D eigenvalue weighted by molar-refractivity contribution is 9.10. The fraction of sp³-hybridized carbons (Fsp3) is 0.357. The summed E-state index contributed by atoms with van der Waals surface area (Å²) in [5, 5.41) is 4.39. The lowest BCUT2D eigenvalue weighted by Gasteiger charge is -2.11. The molecule has 2 aromatic heterocycles. The van der Waals surface area contributed by atoms with Crippen molar-refractivity contribution in [2.45, 2.75) is 33.4 Å². The van der Waals surface area contributed by atoms with Crippen LogP contribution in [0, 0.1) is 0 Å². The van der Waals surface area contributed by atoms with Crippen molar-refractivity contribution in [1.29, 1.82) is 0 Å². The topological polar surface area (TPSA) is 74.1 Å². The van der Waals surface area contributed by atoms with Gasteiger partial charge in [-0.3, -0.25) is 4.68 Å². The number of halogens is 3. The lowest BCUT2D eigenvalue weighted by Crippen LogP contribution is -2.06. The van der Waals surface area contributed by atoms with Gasteiger partial charge in [-0.05, 0) is 41.4 Å². The molecule has 0 bridgehead atoms. The van der Waals surface area contributed by atoms with Crippen LogP contribution in [0.15, 0.2) is 22.8 Å². The van der Waals surface area contributed by atoms with E-state index in [0.717, 1.165) is 12.1 Å². The number of aryl methyl sites for hydroxylation is 2. The maximum atomic E-state index is 12.5. The first-order valence-corrected chi connectivity index (χ1v) is 7.42.